The lowest BCUT2D eigenvalue weighted by molar-refractivity contribution is 0.522. The maximum absolute atomic E-state index is 5.50. The Hall–Kier alpha value is -2.74. The van der Waals surface area contributed by atoms with Crippen molar-refractivity contribution in [3.05, 3.63) is 84.0 Å². The molecule has 76 heavy (non-hydrogen) atoms. The zero-order valence-electron chi connectivity index (χ0n) is 51.6. The lowest BCUT2D eigenvalue weighted by Gasteiger charge is -2.14. The van der Waals surface area contributed by atoms with Crippen LogP contribution in [0.2, 0.25) is 0 Å². The highest BCUT2D eigenvalue weighted by Gasteiger charge is 2.13. The predicted octanol–water partition coefficient (Wildman–Crippen LogP) is 26.3. The third-order valence-electron chi connectivity index (χ3n) is 16.3. The molecule has 0 radical (unpaired) electrons. The van der Waals surface area contributed by atoms with Crippen LogP contribution in [0.15, 0.2) is 82.8 Å². The Morgan fingerprint density at radius 3 is 0.750 bits per heavy atom. The molecule has 2 nitrogen and oxygen atoms in total. The van der Waals surface area contributed by atoms with E-state index in [0.717, 1.165) is 75.6 Å². The summed E-state index contributed by atoms with van der Waals surface area (Å²) in [6.07, 6.45) is 80.6. The summed E-state index contributed by atoms with van der Waals surface area (Å²) in [5.41, 5.74) is 7.39. The average Bonchev–Trinajstić information content (AvgIpc) is 3.44. The molecule has 0 aliphatic rings. The summed E-state index contributed by atoms with van der Waals surface area (Å²) in [6.45, 7) is 9.22. The van der Waals surface area contributed by atoms with Crippen LogP contribution >= 0.6 is 0 Å². The zero-order chi connectivity index (χ0) is 54.1. The van der Waals surface area contributed by atoms with Crippen molar-refractivity contribution in [2.75, 3.05) is 0 Å². The van der Waals surface area contributed by atoms with Crippen molar-refractivity contribution in [3.8, 4) is 0 Å². The molecule has 2 aromatic carbocycles. The number of benzene rings is 2. The normalized spacial score (nSPS) is 12.4. The highest BCUT2D eigenvalue weighted by molar-refractivity contribution is 6.43. The Bertz CT molecular complexity index is 1520. The highest BCUT2D eigenvalue weighted by atomic mass is 14.8. The molecule has 2 heteroatoms. The molecule has 0 spiro atoms. The first-order valence-corrected chi connectivity index (χ1v) is 34.3. The minimum atomic E-state index is 0.983. The average molecular weight is 1050 g/mol. The smallest absolute Gasteiger partial charge is 0.0665 e. The summed E-state index contributed by atoms with van der Waals surface area (Å²) in [6, 6.07) is 17.8. The molecule has 2 aromatic rings. The van der Waals surface area contributed by atoms with E-state index in [-0.39, 0.29) is 0 Å². The number of allylic oxidation sites excluding steroid dienone is 4. The summed E-state index contributed by atoms with van der Waals surface area (Å²) in [5.74, 6) is 0. The van der Waals surface area contributed by atoms with E-state index < -0.39 is 0 Å². The van der Waals surface area contributed by atoms with Crippen LogP contribution in [0.3, 0.4) is 0 Å². The summed E-state index contributed by atoms with van der Waals surface area (Å²) < 4.78 is 0. The molecule has 0 saturated carbocycles. The molecule has 434 valence electrons. The Kier molecular flexibility index (Phi) is 50.7. The van der Waals surface area contributed by atoms with E-state index in [1.807, 2.05) is 0 Å². The van der Waals surface area contributed by atoms with Crippen LogP contribution in [0.4, 0.5) is 11.4 Å². The molecular formula is C74H128N2. The Morgan fingerprint density at radius 1 is 0.263 bits per heavy atom. The van der Waals surface area contributed by atoms with E-state index >= 15 is 0 Å². The standard InChI is InChI=1S/C74H128N2/c1-5-9-13-15-17-19-21-23-25-27-29-31-33-35-37-39-41-43-45-47-49-51-53-55-61-69-63-57-59-67-71(69)75-73(65-11-7-3)74(66-12-8-4)76-72-68-60-58-64-70(72)62-56-54-52-50-48-46-44-42-40-38-36-34-32-30-28-26-24-22-20-18-16-14-10-6-2/h51-54,57-60,63-64,67-68H,5-50,55-56,61-62,65-66H2,1-4H3. The van der Waals surface area contributed by atoms with Crippen molar-refractivity contribution in [3.63, 3.8) is 0 Å². The second-order valence-corrected chi connectivity index (χ2v) is 23.6. The number of para-hydroxylation sites is 2. The van der Waals surface area contributed by atoms with Gasteiger partial charge in [0, 0.05) is 0 Å². The van der Waals surface area contributed by atoms with Crippen molar-refractivity contribution >= 4 is 22.8 Å². The van der Waals surface area contributed by atoms with Crippen molar-refractivity contribution in [1.82, 2.24) is 0 Å². The maximum atomic E-state index is 5.50. The molecule has 0 aliphatic heterocycles. The first-order chi connectivity index (χ1) is 37.7. The fourth-order valence-corrected chi connectivity index (χ4v) is 11.2. The Labute approximate surface area is 476 Å². The van der Waals surface area contributed by atoms with Gasteiger partial charge in [-0.1, -0.05) is 345 Å². The molecule has 0 fully saturated rings. The minimum absolute atomic E-state index is 0.983. The van der Waals surface area contributed by atoms with Gasteiger partial charge in [0.05, 0.1) is 22.8 Å². The van der Waals surface area contributed by atoms with Gasteiger partial charge >= 0.3 is 0 Å². The molecule has 0 bridgehead atoms. The second kappa shape index (κ2) is 55.6. The number of unbranched alkanes of at least 4 members (excludes halogenated alkanes) is 42. The minimum Gasteiger partial charge on any atom is -0.251 e. The molecule has 0 amide bonds. The van der Waals surface area contributed by atoms with Gasteiger partial charge in [-0.2, -0.15) is 0 Å². The van der Waals surface area contributed by atoms with Gasteiger partial charge in [-0.15, -0.1) is 0 Å². The number of rotatable bonds is 57. The fourth-order valence-electron chi connectivity index (χ4n) is 11.2. The molecule has 0 N–H and O–H groups in total. The summed E-state index contributed by atoms with van der Waals surface area (Å²) in [5, 5.41) is 0. The van der Waals surface area contributed by atoms with Gasteiger partial charge in [0.15, 0.2) is 0 Å². The first kappa shape index (κ1) is 69.4. The van der Waals surface area contributed by atoms with Gasteiger partial charge in [-0.3, -0.25) is 9.98 Å². The number of aryl methyl sites for hydroxylation is 2. The van der Waals surface area contributed by atoms with Gasteiger partial charge in [0.2, 0.25) is 0 Å². The Balaban J connectivity index is 1.68. The number of hydrogen-bond donors (Lipinski definition) is 0. The molecule has 0 unspecified atom stereocenters. The second-order valence-electron chi connectivity index (χ2n) is 23.6. The topological polar surface area (TPSA) is 24.7 Å². The van der Waals surface area contributed by atoms with Crippen molar-refractivity contribution in [1.29, 1.82) is 0 Å². The highest BCUT2D eigenvalue weighted by Crippen LogP contribution is 2.27. The van der Waals surface area contributed by atoms with E-state index in [2.05, 4.69) is 101 Å². The van der Waals surface area contributed by atoms with Gasteiger partial charge < -0.3 is 0 Å². The number of hydrogen-bond acceptors (Lipinski definition) is 2. The monoisotopic (exact) mass is 1050 g/mol. The third kappa shape index (κ3) is 42.2. The van der Waals surface area contributed by atoms with Crippen LogP contribution in [-0.2, 0) is 12.8 Å². The quantitative estimate of drug-likeness (QED) is 0.0358. The largest absolute Gasteiger partial charge is 0.251 e. The molecular weight excluding hydrogens is 917 g/mol. The molecule has 0 aromatic heterocycles. The number of nitrogens with zero attached hydrogens (tertiary/aromatic N) is 2. The van der Waals surface area contributed by atoms with Gasteiger partial charge in [-0.05, 0) is 100 Å². The van der Waals surface area contributed by atoms with Crippen molar-refractivity contribution in [2.45, 2.75) is 362 Å². The van der Waals surface area contributed by atoms with Crippen LogP contribution < -0.4 is 0 Å². The van der Waals surface area contributed by atoms with E-state index in [4.69, 9.17) is 9.98 Å². The lowest BCUT2D eigenvalue weighted by atomic mass is 10.0. The van der Waals surface area contributed by atoms with E-state index in [1.54, 1.807) is 0 Å². The van der Waals surface area contributed by atoms with Crippen LogP contribution in [0.25, 0.3) is 0 Å². The maximum Gasteiger partial charge on any atom is 0.0665 e. The van der Waals surface area contributed by atoms with Gasteiger partial charge in [-0.25, -0.2) is 0 Å². The fraction of sp³-hybridized carbons (Fsp3) is 0.757. The summed E-state index contributed by atoms with van der Waals surface area (Å²) in [4.78, 5) is 11.0. The summed E-state index contributed by atoms with van der Waals surface area (Å²) in [7, 11) is 0. The van der Waals surface area contributed by atoms with Gasteiger partial charge in [0.25, 0.3) is 0 Å². The molecule has 2 rings (SSSR count). The van der Waals surface area contributed by atoms with E-state index in [9.17, 15) is 0 Å². The van der Waals surface area contributed by atoms with Crippen molar-refractivity contribution < 1.29 is 0 Å². The van der Waals surface area contributed by atoms with E-state index in [1.165, 1.54) is 292 Å². The molecule has 0 atom stereocenters. The molecule has 0 saturated heterocycles. The van der Waals surface area contributed by atoms with Crippen LogP contribution in [-0.4, -0.2) is 11.4 Å². The van der Waals surface area contributed by atoms with E-state index in [0.29, 0.717) is 0 Å². The SMILES string of the molecule is CCCCCCCCCCCCCCCCCCCCCCC=CCCc1ccccc1N=C(CCCC)C(CCCC)=Nc1ccccc1CCC=CCCCCCCCCCCCCCCCCCCCCCC. The zero-order valence-corrected chi connectivity index (χ0v) is 51.6. The Morgan fingerprint density at radius 2 is 0.487 bits per heavy atom. The van der Waals surface area contributed by atoms with Crippen LogP contribution in [0.5, 0.6) is 0 Å². The third-order valence-corrected chi connectivity index (χ3v) is 16.3. The summed E-state index contributed by atoms with van der Waals surface area (Å²) >= 11 is 0. The first-order valence-electron chi connectivity index (χ1n) is 34.3. The lowest BCUT2D eigenvalue weighted by Crippen LogP contribution is -2.14. The number of aliphatic imine (C=N–C) groups is 2. The van der Waals surface area contributed by atoms with Crippen LogP contribution in [0, 0.1) is 0 Å². The van der Waals surface area contributed by atoms with Gasteiger partial charge in [0.1, 0.15) is 0 Å². The van der Waals surface area contributed by atoms with Crippen molar-refractivity contribution in [2.24, 2.45) is 9.98 Å². The predicted molar refractivity (Wildman–Crippen MR) is 346 cm³/mol. The molecule has 0 heterocycles. The van der Waals surface area contributed by atoms with Crippen LogP contribution in [0.1, 0.15) is 360 Å². The molecule has 0 aliphatic carbocycles.